The molecule has 3 nitrogen and oxygen atoms in total. The topological polar surface area (TPSA) is 39.1 Å². The average Bonchev–Trinajstić information content (AvgIpc) is 2.68. The van der Waals surface area contributed by atoms with Gasteiger partial charge < -0.3 is 4.90 Å². The van der Waals surface area contributed by atoms with Gasteiger partial charge in [-0.1, -0.05) is 23.8 Å². The van der Waals surface area contributed by atoms with Gasteiger partial charge in [0.25, 0.3) is 0 Å². The molecule has 0 saturated carbocycles. The fourth-order valence-electron chi connectivity index (χ4n) is 2.59. The summed E-state index contributed by atoms with van der Waals surface area (Å²) in [6.07, 6.45) is 1.88. The van der Waals surface area contributed by atoms with Gasteiger partial charge in [0.2, 0.25) is 0 Å². The Kier molecular flexibility index (Phi) is 3.70. The molecule has 0 aromatic heterocycles. The van der Waals surface area contributed by atoms with Gasteiger partial charge in [-0.25, -0.2) is 0 Å². The summed E-state index contributed by atoms with van der Waals surface area (Å²) in [5.41, 5.74) is 3.25. The third-order valence-electron chi connectivity index (χ3n) is 3.67. The molecule has 0 radical (unpaired) electrons. The van der Waals surface area contributed by atoms with E-state index in [1.165, 1.54) is 16.7 Å². The van der Waals surface area contributed by atoms with Crippen LogP contribution in [0, 0.1) is 18.3 Å². The second-order valence-electron chi connectivity index (χ2n) is 5.41. The van der Waals surface area contributed by atoms with Crippen molar-refractivity contribution in [3.05, 3.63) is 34.9 Å². The number of fused-ring (bicyclic) bond motifs is 1. The third-order valence-corrected chi connectivity index (χ3v) is 3.67. The van der Waals surface area contributed by atoms with E-state index in [1.54, 1.807) is 0 Å². The van der Waals surface area contributed by atoms with Gasteiger partial charge >= 0.3 is 0 Å². The molecule has 18 heavy (non-hydrogen) atoms. The standard InChI is InChI=1S/C15H21N3/c1-12-4-5-13-6-7-15(11-16,14(13)10-12)17-8-9-18(2)3/h4-5,10,17H,6-9H2,1-3H3. The van der Waals surface area contributed by atoms with Gasteiger partial charge in [-0.3, -0.25) is 5.32 Å². The van der Waals surface area contributed by atoms with Crippen LogP contribution < -0.4 is 5.32 Å². The summed E-state index contributed by atoms with van der Waals surface area (Å²) in [6, 6.07) is 8.96. The van der Waals surface area contributed by atoms with Crippen molar-refractivity contribution in [3.8, 4) is 6.07 Å². The van der Waals surface area contributed by atoms with Gasteiger partial charge in [-0.05, 0) is 45.0 Å². The van der Waals surface area contributed by atoms with Crippen LogP contribution in [0.3, 0.4) is 0 Å². The van der Waals surface area contributed by atoms with Gasteiger partial charge in [0.05, 0.1) is 6.07 Å². The van der Waals surface area contributed by atoms with Gasteiger partial charge in [-0.2, -0.15) is 5.26 Å². The Hall–Kier alpha value is -1.37. The van der Waals surface area contributed by atoms with Crippen LogP contribution in [0.15, 0.2) is 18.2 Å². The molecule has 0 amide bonds. The molecular weight excluding hydrogens is 222 g/mol. The molecule has 1 aliphatic rings. The van der Waals surface area contributed by atoms with Crippen molar-refractivity contribution in [2.24, 2.45) is 0 Å². The SMILES string of the molecule is Cc1ccc2c(c1)C(C#N)(NCCN(C)C)CC2. The summed E-state index contributed by atoms with van der Waals surface area (Å²) < 4.78 is 0. The molecule has 0 saturated heterocycles. The zero-order valence-electron chi connectivity index (χ0n) is 11.5. The van der Waals surface area contributed by atoms with E-state index in [0.717, 1.165) is 25.9 Å². The Morgan fingerprint density at radius 2 is 2.22 bits per heavy atom. The molecule has 0 fully saturated rings. The second-order valence-corrected chi connectivity index (χ2v) is 5.41. The van der Waals surface area contributed by atoms with Crippen LogP contribution in [0.4, 0.5) is 0 Å². The molecule has 1 N–H and O–H groups in total. The third kappa shape index (κ3) is 2.40. The number of hydrogen-bond donors (Lipinski definition) is 1. The summed E-state index contributed by atoms with van der Waals surface area (Å²) in [4.78, 5) is 2.13. The predicted molar refractivity (Wildman–Crippen MR) is 73.3 cm³/mol. The normalized spacial score (nSPS) is 21.9. The van der Waals surface area contributed by atoms with Crippen molar-refractivity contribution in [3.63, 3.8) is 0 Å². The highest BCUT2D eigenvalue weighted by Gasteiger charge is 2.38. The first-order chi connectivity index (χ1) is 8.57. The van der Waals surface area contributed by atoms with E-state index in [2.05, 4.69) is 41.4 Å². The Bertz CT molecular complexity index is 473. The van der Waals surface area contributed by atoms with Gasteiger partial charge in [-0.15, -0.1) is 0 Å². The van der Waals surface area contributed by atoms with E-state index in [0.29, 0.717) is 0 Å². The lowest BCUT2D eigenvalue weighted by Gasteiger charge is -2.25. The zero-order chi connectivity index (χ0) is 13.2. The highest BCUT2D eigenvalue weighted by molar-refractivity contribution is 5.45. The summed E-state index contributed by atoms with van der Waals surface area (Å²) in [6.45, 7) is 3.87. The average molecular weight is 243 g/mol. The molecule has 1 atom stereocenters. The predicted octanol–water partition coefficient (Wildman–Crippen LogP) is 1.81. The number of rotatable bonds is 4. The van der Waals surface area contributed by atoms with E-state index in [9.17, 15) is 5.26 Å². The molecule has 3 heteroatoms. The van der Waals surface area contributed by atoms with E-state index < -0.39 is 5.54 Å². The Morgan fingerprint density at radius 3 is 2.89 bits per heavy atom. The number of aryl methyl sites for hydroxylation is 2. The van der Waals surface area contributed by atoms with Gasteiger partial charge in [0.1, 0.15) is 5.54 Å². The number of nitrogens with one attached hydrogen (secondary N) is 1. The Labute approximate surface area is 109 Å². The van der Waals surface area contributed by atoms with E-state index >= 15 is 0 Å². The van der Waals surface area contributed by atoms with E-state index in [1.807, 2.05) is 14.1 Å². The lowest BCUT2D eigenvalue weighted by atomic mass is 9.92. The molecule has 0 aliphatic heterocycles. The van der Waals surface area contributed by atoms with Crippen molar-refractivity contribution in [2.75, 3.05) is 27.2 Å². The Balaban J connectivity index is 2.21. The van der Waals surface area contributed by atoms with Gasteiger partial charge in [0, 0.05) is 13.1 Å². The Morgan fingerprint density at radius 1 is 1.44 bits per heavy atom. The molecular formula is C15H21N3. The largest absolute Gasteiger partial charge is 0.308 e. The molecule has 1 aromatic rings. The summed E-state index contributed by atoms with van der Waals surface area (Å²) >= 11 is 0. The highest BCUT2D eigenvalue weighted by Crippen LogP contribution is 2.36. The van der Waals surface area contributed by atoms with Crippen molar-refractivity contribution >= 4 is 0 Å². The van der Waals surface area contributed by atoms with Crippen LogP contribution in [-0.2, 0) is 12.0 Å². The molecule has 2 rings (SSSR count). The molecule has 0 heterocycles. The minimum atomic E-state index is -0.475. The van der Waals surface area contributed by atoms with Gasteiger partial charge in [0.15, 0.2) is 0 Å². The minimum absolute atomic E-state index is 0.475. The second kappa shape index (κ2) is 5.09. The highest BCUT2D eigenvalue weighted by atomic mass is 15.1. The van der Waals surface area contributed by atoms with Crippen LogP contribution in [0.5, 0.6) is 0 Å². The first-order valence-corrected chi connectivity index (χ1v) is 6.48. The quantitative estimate of drug-likeness (QED) is 0.876. The number of benzene rings is 1. The van der Waals surface area contributed by atoms with Crippen molar-refractivity contribution in [1.29, 1.82) is 5.26 Å². The number of nitrogens with zero attached hydrogens (tertiary/aromatic N) is 2. The summed E-state index contributed by atoms with van der Waals surface area (Å²) in [5, 5.41) is 13.1. The molecule has 1 unspecified atom stereocenters. The van der Waals surface area contributed by atoms with E-state index in [-0.39, 0.29) is 0 Å². The molecule has 1 aromatic carbocycles. The maximum atomic E-state index is 9.59. The number of nitriles is 1. The molecule has 1 aliphatic carbocycles. The van der Waals surface area contributed by atoms with Crippen LogP contribution >= 0.6 is 0 Å². The zero-order valence-corrected chi connectivity index (χ0v) is 11.5. The minimum Gasteiger partial charge on any atom is -0.308 e. The van der Waals surface area contributed by atoms with Crippen LogP contribution in [0.25, 0.3) is 0 Å². The maximum Gasteiger partial charge on any atom is 0.132 e. The lowest BCUT2D eigenvalue weighted by Crippen LogP contribution is -2.42. The maximum absolute atomic E-state index is 9.59. The van der Waals surface area contributed by atoms with Crippen molar-refractivity contribution in [1.82, 2.24) is 10.2 Å². The monoisotopic (exact) mass is 243 g/mol. The van der Waals surface area contributed by atoms with Crippen LogP contribution in [0.2, 0.25) is 0 Å². The fraction of sp³-hybridized carbons (Fsp3) is 0.533. The summed E-state index contributed by atoms with van der Waals surface area (Å²) in [5.74, 6) is 0. The molecule has 0 bridgehead atoms. The summed E-state index contributed by atoms with van der Waals surface area (Å²) in [7, 11) is 4.10. The van der Waals surface area contributed by atoms with Crippen molar-refractivity contribution < 1.29 is 0 Å². The molecule has 0 spiro atoms. The van der Waals surface area contributed by atoms with Crippen LogP contribution in [0.1, 0.15) is 23.1 Å². The van der Waals surface area contributed by atoms with Crippen molar-refractivity contribution in [2.45, 2.75) is 25.3 Å². The lowest BCUT2D eigenvalue weighted by molar-refractivity contribution is 0.354. The van der Waals surface area contributed by atoms with E-state index in [4.69, 9.17) is 0 Å². The number of hydrogen-bond acceptors (Lipinski definition) is 3. The first-order valence-electron chi connectivity index (χ1n) is 6.48. The first kappa shape index (κ1) is 13.1. The number of likely N-dealkylation sites (N-methyl/N-ethyl adjacent to an activating group) is 1. The fourth-order valence-corrected chi connectivity index (χ4v) is 2.59. The smallest absolute Gasteiger partial charge is 0.132 e. The van der Waals surface area contributed by atoms with Crippen LogP contribution in [-0.4, -0.2) is 32.1 Å². The molecule has 96 valence electrons.